The van der Waals surface area contributed by atoms with Crippen LogP contribution in [0.25, 0.3) is 0 Å². The standard InChI is InChI=1S/C12H13F2N3S3/c1-7(2)18-12-17-16-11(20-12)15-8-3-5-9(6-4-8)19-10(13)14/h3-7,10H,1-2H3,(H,15,16). The molecule has 1 heterocycles. The first-order chi connectivity index (χ1) is 9.52. The van der Waals surface area contributed by atoms with Gasteiger partial charge in [0.15, 0.2) is 4.34 Å². The topological polar surface area (TPSA) is 37.8 Å². The van der Waals surface area contributed by atoms with Crippen LogP contribution in [0.3, 0.4) is 0 Å². The lowest BCUT2D eigenvalue weighted by Crippen LogP contribution is -1.89. The highest BCUT2D eigenvalue weighted by Crippen LogP contribution is 2.31. The van der Waals surface area contributed by atoms with Gasteiger partial charge >= 0.3 is 0 Å². The molecule has 0 fully saturated rings. The minimum absolute atomic E-state index is 0.460. The molecule has 0 aliphatic carbocycles. The number of rotatable bonds is 6. The number of hydrogen-bond acceptors (Lipinski definition) is 6. The Hall–Kier alpha value is -0.860. The van der Waals surface area contributed by atoms with E-state index >= 15 is 0 Å². The Morgan fingerprint density at radius 1 is 1.10 bits per heavy atom. The van der Waals surface area contributed by atoms with Gasteiger partial charge in [0.1, 0.15) is 0 Å². The van der Waals surface area contributed by atoms with Crippen molar-refractivity contribution in [3.63, 3.8) is 0 Å². The van der Waals surface area contributed by atoms with Crippen LogP contribution in [0.4, 0.5) is 19.6 Å². The highest BCUT2D eigenvalue weighted by Gasteiger charge is 2.08. The normalized spacial score (nSPS) is 11.3. The van der Waals surface area contributed by atoms with Crippen LogP contribution in [0.15, 0.2) is 33.5 Å². The predicted octanol–water partition coefficient (Wildman–Crippen LogP) is 5.10. The summed E-state index contributed by atoms with van der Waals surface area (Å²) in [5.74, 6) is -2.40. The van der Waals surface area contributed by atoms with Gasteiger partial charge < -0.3 is 5.32 Å². The molecule has 3 nitrogen and oxygen atoms in total. The van der Waals surface area contributed by atoms with E-state index in [1.54, 1.807) is 36.0 Å². The van der Waals surface area contributed by atoms with Gasteiger partial charge in [0.05, 0.1) is 0 Å². The summed E-state index contributed by atoms with van der Waals surface area (Å²) in [4.78, 5) is 0.541. The number of hydrogen-bond donors (Lipinski definition) is 1. The van der Waals surface area contributed by atoms with Crippen LogP contribution < -0.4 is 5.32 Å². The number of nitrogens with one attached hydrogen (secondary N) is 1. The van der Waals surface area contributed by atoms with Crippen LogP contribution in [-0.2, 0) is 0 Å². The van der Waals surface area contributed by atoms with Gasteiger partial charge in [-0.3, -0.25) is 0 Å². The minimum atomic E-state index is -2.40. The molecule has 1 aromatic heterocycles. The molecule has 0 saturated carbocycles. The van der Waals surface area contributed by atoms with Crippen molar-refractivity contribution in [1.82, 2.24) is 10.2 Å². The van der Waals surface area contributed by atoms with E-state index in [0.29, 0.717) is 27.0 Å². The number of thioether (sulfide) groups is 2. The van der Waals surface area contributed by atoms with Crippen molar-refractivity contribution in [2.45, 2.75) is 34.1 Å². The largest absolute Gasteiger partial charge is 0.330 e. The van der Waals surface area contributed by atoms with Gasteiger partial charge in [0.25, 0.3) is 5.76 Å². The van der Waals surface area contributed by atoms with Crippen LogP contribution in [0.1, 0.15) is 13.8 Å². The molecular formula is C12H13F2N3S3. The van der Waals surface area contributed by atoms with Gasteiger partial charge in [-0.2, -0.15) is 8.78 Å². The van der Waals surface area contributed by atoms with Gasteiger partial charge in [0, 0.05) is 15.8 Å². The fraction of sp³-hybridized carbons (Fsp3) is 0.333. The van der Waals surface area contributed by atoms with Crippen LogP contribution in [0.5, 0.6) is 0 Å². The van der Waals surface area contributed by atoms with Crippen molar-refractivity contribution in [2.75, 3.05) is 5.32 Å². The SMILES string of the molecule is CC(C)Sc1nnc(Nc2ccc(SC(F)F)cc2)s1. The van der Waals surface area contributed by atoms with Gasteiger partial charge in [-0.05, 0) is 24.3 Å². The molecule has 0 aliphatic rings. The maximum Gasteiger partial charge on any atom is 0.288 e. The third-order valence-electron chi connectivity index (χ3n) is 2.07. The molecule has 20 heavy (non-hydrogen) atoms. The lowest BCUT2D eigenvalue weighted by Gasteiger charge is -2.03. The Morgan fingerprint density at radius 2 is 1.80 bits per heavy atom. The molecule has 0 aliphatic heterocycles. The zero-order valence-electron chi connectivity index (χ0n) is 10.8. The zero-order chi connectivity index (χ0) is 14.5. The molecule has 8 heteroatoms. The Labute approximate surface area is 128 Å². The molecule has 0 saturated heterocycles. The second-order valence-corrected chi connectivity index (χ2v) is 7.93. The number of halogens is 2. The second kappa shape index (κ2) is 7.24. The number of alkyl halides is 2. The van der Waals surface area contributed by atoms with Crippen LogP contribution >= 0.6 is 34.9 Å². The molecule has 0 atom stereocenters. The van der Waals surface area contributed by atoms with E-state index in [1.165, 1.54) is 11.3 Å². The van der Waals surface area contributed by atoms with Crippen LogP contribution in [0.2, 0.25) is 0 Å². The maximum atomic E-state index is 12.2. The number of nitrogens with zero attached hydrogens (tertiary/aromatic N) is 2. The van der Waals surface area contributed by atoms with Crippen molar-refractivity contribution < 1.29 is 8.78 Å². The molecule has 0 unspecified atom stereocenters. The Kier molecular flexibility index (Phi) is 5.62. The molecule has 2 aromatic rings. The molecule has 0 bridgehead atoms. The summed E-state index contributed by atoms with van der Waals surface area (Å²) in [6.45, 7) is 4.19. The molecule has 0 spiro atoms. The van der Waals surface area contributed by atoms with Crippen molar-refractivity contribution in [3.05, 3.63) is 24.3 Å². The van der Waals surface area contributed by atoms with Gasteiger partial charge in [-0.25, -0.2) is 0 Å². The van der Waals surface area contributed by atoms with Gasteiger partial charge in [-0.1, -0.05) is 48.7 Å². The molecular weight excluding hydrogens is 320 g/mol. The second-order valence-electron chi connectivity index (χ2n) is 4.07. The fourth-order valence-electron chi connectivity index (χ4n) is 1.35. The van der Waals surface area contributed by atoms with E-state index in [1.807, 2.05) is 0 Å². The first-order valence-electron chi connectivity index (χ1n) is 5.85. The summed E-state index contributed by atoms with van der Waals surface area (Å²) in [6, 6.07) is 6.82. The third kappa shape index (κ3) is 4.92. The van der Waals surface area contributed by atoms with Crippen molar-refractivity contribution in [3.8, 4) is 0 Å². The summed E-state index contributed by atoms with van der Waals surface area (Å²) in [5, 5.41) is 12.4. The minimum Gasteiger partial charge on any atom is -0.330 e. The average molecular weight is 333 g/mol. The molecule has 2 rings (SSSR count). The smallest absolute Gasteiger partial charge is 0.288 e. The highest BCUT2D eigenvalue weighted by molar-refractivity contribution is 8.01. The molecule has 0 amide bonds. The summed E-state index contributed by atoms with van der Waals surface area (Å²) in [6.07, 6.45) is 0. The quantitative estimate of drug-likeness (QED) is 0.745. The molecule has 108 valence electrons. The lowest BCUT2D eigenvalue weighted by atomic mass is 10.3. The molecule has 1 aromatic carbocycles. The Morgan fingerprint density at radius 3 is 2.40 bits per heavy atom. The fourth-order valence-corrected chi connectivity index (χ4v) is 3.85. The number of anilines is 2. The highest BCUT2D eigenvalue weighted by atomic mass is 32.2. The van der Waals surface area contributed by atoms with Crippen molar-refractivity contribution in [2.24, 2.45) is 0 Å². The van der Waals surface area contributed by atoms with Crippen molar-refractivity contribution >= 4 is 45.7 Å². The van der Waals surface area contributed by atoms with E-state index < -0.39 is 5.76 Å². The van der Waals surface area contributed by atoms with E-state index in [9.17, 15) is 8.78 Å². The molecule has 1 N–H and O–H groups in total. The number of benzene rings is 1. The van der Waals surface area contributed by atoms with Gasteiger partial charge in [-0.15, -0.1) is 10.2 Å². The maximum absolute atomic E-state index is 12.2. The predicted molar refractivity (Wildman–Crippen MR) is 82.5 cm³/mol. The summed E-state index contributed by atoms with van der Waals surface area (Å²) < 4.78 is 25.3. The summed E-state index contributed by atoms with van der Waals surface area (Å²) in [5.41, 5.74) is 0.806. The first kappa shape index (κ1) is 15.5. The van der Waals surface area contributed by atoms with Gasteiger partial charge in [0.2, 0.25) is 5.13 Å². The lowest BCUT2D eigenvalue weighted by molar-refractivity contribution is 0.252. The van der Waals surface area contributed by atoms with E-state index in [2.05, 4.69) is 29.4 Å². The number of aromatic nitrogens is 2. The van der Waals surface area contributed by atoms with E-state index in [4.69, 9.17) is 0 Å². The Bertz CT molecular complexity index is 543. The summed E-state index contributed by atoms with van der Waals surface area (Å²) >= 11 is 3.67. The van der Waals surface area contributed by atoms with E-state index in [-0.39, 0.29) is 0 Å². The van der Waals surface area contributed by atoms with Crippen LogP contribution in [-0.4, -0.2) is 21.2 Å². The van der Waals surface area contributed by atoms with Crippen LogP contribution in [0, 0.1) is 0 Å². The first-order valence-corrected chi connectivity index (χ1v) is 8.42. The average Bonchev–Trinajstić information content (AvgIpc) is 2.77. The van der Waals surface area contributed by atoms with Crippen molar-refractivity contribution in [1.29, 1.82) is 0 Å². The summed E-state index contributed by atoms with van der Waals surface area (Å²) in [7, 11) is 0. The molecule has 0 radical (unpaired) electrons. The Balaban J connectivity index is 1.97. The van der Waals surface area contributed by atoms with E-state index in [0.717, 1.165) is 10.0 Å². The third-order valence-corrected chi connectivity index (χ3v) is 4.72. The zero-order valence-corrected chi connectivity index (χ0v) is 13.3. The monoisotopic (exact) mass is 333 g/mol.